The Bertz CT molecular complexity index is 1020. The Labute approximate surface area is 156 Å². The summed E-state index contributed by atoms with van der Waals surface area (Å²) in [6.45, 7) is 2.00. The van der Waals surface area contributed by atoms with Crippen molar-refractivity contribution in [2.45, 2.75) is 19.4 Å². The first-order valence-electron chi connectivity index (χ1n) is 8.56. The summed E-state index contributed by atoms with van der Waals surface area (Å²) in [6.07, 6.45) is 2.34. The number of nitrogens with one attached hydrogen (secondary N) is 1. The minimum atomic E-state index is -0.0134. The van der Waals surface area contributed by atoms with E-state index in [1.54, 1.807) is 11.3 Å². The lowest BCUT2D eigenvalue weighted by Crippen LogP contribution is -2.28. The van der Waals surface area contributed by atoms with Gasteiger partial charge in [-0.15, -0.1) is 11.3 Å². The smallest absolute Gasteiger partial charge is 0.226 e. The Morgan fingerprint density at radius 3 is 2.54 bits per heavy atom. The highest BCUT2D eigenvalue weighted by molar-refractivity contribution is 7.15. The predicted octanol–water partition coefficient (Wildman–Crippen LogP) is 4.48. The maximum atomic E-state index is 12.5. The van der Waals surface area contributed by atoms with Crippen LogP contribution in [-0.2, 0) is 11.2 Å². The number of imidazole rings is 1. The van der Waals surface area contributed by atoms with E-state index in [2.05, 4.69) is 10.3 Å². The monoisotopic (exact) mass is 361 g/mol. The molecule has 2 heterocycles. The third-order valence-electron chi connectivity index (χ3n) is 4.37. The standard InChI is InChI=1S/C21H19N3OS/c1-15(16-8-4-2-5-9-16)22-20(25)12-18-14-26-21-23-19(13-24(18)21)17-10-6-3-7-11-17/h2-11,13-15H,12H2,1H3,(H,22,25)/t15-/m0/s1. The second kappa shape index (κ2) is 7.14. The van der Waals surface area contributed by atoms with Crippen molar-refractivity contribution in [2.24, 2.45) is 0 Å². The topological polar surface area (TPSA) is 46.4 Å². The molecule has 0 unspecified atom stereocenters. The van der Waals surface area contributed by atoms with Gasteiger partial charge in [0, 0.05) is 22.8 Å². The van der Waals surface area contributed by atoms with Gasteiger partial charge in [-0.2, -0.15) is 0 Å². The van der Waals surface area contributed by atoms with Gasteiger partial charge < -0.3 is 5.32 Å². The molecule has 0 fully saturated rings. The number of benzene rings is 2. The molecule has 4 nitrogen and oxygen atoms in total. The van der Waals surface area contributed by atoms with Crippen LogP contribution in [0.25, 0.3) is 16.2 Å². The molecule has 0 bridgehead atoms. The molecule has 5 heteroatoms. The van der Waals surface area contributed by atoms with Crippen LogP contribution in [0.3, 0.4) is 0 Å². The number of carbonyl (C=O) groups is 1. The molecular formula is C21H19N3OS. The Hall–Kier alpha value is -2.92. The number of thiazole rings is 1. The highest BCUT2D eigenvalue weighted by atomic mass is 32.1. The summed E-state index contributed by atoms with van der Waals surface area (Å²) >= 11 is 1.56. The highest BCUT2D eigenvalue weighted by Crippen LogP contribution is 2.24. The number of hydrogen-bond acceptors (Lipinski definition) is 3. The van der Waals surface area contributed by atoms with E-state index in [9.17, 15) is 4.79 Å². The van der Waals surface area contributed by atoms with Crippen LogP contribution in [0.2, 0.25) is 0 Å². The zero-order chi connectivity index (χ0) is 17.9. The average Bonchev–Trinajstić information content (AvgIpc) is 3.25. The van der Waals surface area contributed by atoms with Crippen molar-refractivity contribution < 1.29 is 4.79 Å². The van der Waals surface area contributed by atoms with Crippen LogP contribution < -0.4 is 5.32 Å². The fourth-order valence-electron chi connectivity index (χ4n) is 2.99. The van der Waals surface area contributed by atoms with Crippen LogP contribution in [0.1, 0.15) is 24.2 Å². The van der Waals surface area contributed by atoms with Gasteiger partial charge in [-0.1, -0.05) is 60.7 Å². The maximum absolute atomic E-state index is 12.5. The molecule has 1 N–H and O–H groups in total. The fourth-order valence-corrected chi connectivity index (χ4v) is 3.86. The van der Waals surface area contributed by atoms with Crippen molar-refractivity contribution in [1.29, 1.82) is 0 Å². The van der Waals surface area contributed by atoms with Gasteiger partial charge in [0.15, 0.2) is 4.96 Å². The molecule has 1 amide bonds. The van der Waals surface area contributed by atoms with Gasteiger partial charge in [-0.05, 0) is 12.5 Å². The molecular weight excluding hydrogens is 342 g/mol. The van der Waals surface area contributed by atoms with Gasteiger partial charge in [-0.3, -0.25) is 9.20 Å². The lowest BCUT2D eigenvalue weighted by Gasteiger charge is -2.14. The lowest BCUT2D eigenvalue weighted by molar-refractivity contribution is -0.121. The number of rotatable bonds is 5. The van der Waals surface area contributed by atoms with E-state index in [1.807, 2.05) is 83.6 Å². The number of fused-ring (bicyclic) bond motifs is 1. The van der Waals surface area contributed by atoms with Crippen LogP contribution in [-0.4, -0.2) is 15.3 Å². The van der Waals surface area contributed by atoms with Crippen molar-refractivity contribution in [3.8, 4) is 11.3 Å². The van der Waals surface area contributed by atoms with Gasteiger partial charge in [0.2, 0.25) is 5.91 Å². The third-order valence-corrected chi connectivity index (χ3v) is 5.26. The molecule has 2 aromatic carbocycles. The van der Waals surface area contributed by atoms with Crippen molar-refractivity contribution in [3.05, 3.63) is 83.5 Å². The Balaban J connectivity index is 1.50. The molecule has 2 aromatic heterocycles. The minimum Gasteiger partial charge on any atom is -0.349 e. The summed E-state index contributed by atoms with van der Waals surface area (Å²) in [5.74, 6) is 0.0102. The van der Waals surface area contributed by atoms with E-state index in [1.165, 1.54) is 0 Å². The Kier molecular flexibility index (Phi) is 4.54. The normalized spacial score (nSPS) is 12.2. The molecule has 0 aliphatic rings. The lowest BCUT2D eigenvalue weighted by atomic mass is 10.1. The van der Waals surface area contributed by atoms with Crippen molar-refractivity contribution >= 4 is 22.2 Å². The molecule has 4 aromatic rings. The Morgan fingerprint density at radius 2 is 1.81 bits per heavy atom. The molecule has 0 saturated heterocycles. The predicted molar refractivity (Wildman–Crippen MR) is 105 cm³/mol. The van der Waals surface area contributed by atoms with E-state index in [0.29, 0.717) is 6.42 Å². The first-order chi connectivity index (χ1) is 12.7. The molecule has 1 atom stereocenters. The number of carbonyl (C=O) groups excluding carboxylic acids is 1. The molecule has 0 aliphatic heterocycles. The quantitative estimate of drug-likeness (QED) is 0.569. The van der Waals surface area contributed by atoms with Gasteiger partial charge >= 0.3 is 0 Å². The first-order valence-corrected chi connectivity index (χ1v) is 9.44. The molecule has 4 rings (SSSR count). The van der Waals surface area contributed by atoms with Crippen LogP contribution in [0.4, 0.5) is 0 Å². The summed E-state index contributed by atoms with van der Waals surface area (Å²) in [5, 5.41) is 5.07. The van der Waals surface area contributed by atoms with E-state index in [4.69, 9.17) is 0 Å². The second-order valence-electron chi connectivity index (χ2n) is 6.25. The maximum Gasteiger partial charge on any atom is 0.226 e. The molecule has 26 heavy (non-hydrogen) atoms. The van der Waals surface area contributed by atoms with Crippen molar-refractivity contribution in [2.75, 3.05) is 0 Å². The number of amides is 1. The number of hydrogen-bond donors (Lipinski definition) is 1. The average molecular weight is 361 g/mol. The number of nitrogens with zero attached hydrogens (tertiary/aromatic N) is 2. The zero-order valence-electron chi connectivity index (χ0n) is 14.4. The largest absolute Gasteiger partial charge is 0.349 e. The molecule has 0 spiro atoms. The summed E-state index contributed by atoms with van der Waals surface area (Å²) in [6, 6.07) is 20.1. The van der Waals surface area contributed by atoms with Gasteiger partial charge in [0.1, 0.15) is 0 Å². The molecule has 0 aliphatic carbocycles. The fraction of sp³-hybridized carbons (Fsp3) is 0.143. The van der Waals surface area contributed by atoms with Gasteiger partial charge in [-0.25, -0.2) is 4.98 Å². The highest BCUT2D eigenvalue weighted by Gasteiger charge is 2.14. The molecule has 0 radical (unpaired) electrons. The number of aromatic nitrogens is 2. The minimum absolute atomic E-state index is 0.0102. The summed E-state index contributed by atoms with van der Waals surface area (Å²) < 4.78 is 2.01. The van der Waals surface area contributed by atoms with E-state index in [0.717, 1.165) is 27.5 Å². The van der Waals surface area contributed by atoms with Crippen LogP contribution in [0, 0.1) is 0 Å². The third kappa shape index (κ3) is 3.39. The molecule has 0 saturated carbocycles. The Morgan fingerprint density at radius 1 is 1.12 bits per heavy atom. The van der Waals surface area contributed by atoms with Crippen LogP contribution in [0.15, 0.2) is 72.2 Å². The SMILES string of the molecule is C[C@H](NC(=O)Cc1csc2nc(-c3ccccc3)cn12)c1ccccc1. The summed E-state index contributed by atoms with van der Waals surface area (Å²) in [7, 11) is 0. The summed E-state index contributed by atoms with van der Waals surface area (Å²) in [4.78, 5) is 18.0. The van der Waals surface area contributed by atoms with Crippen molar-refractivity contribution in [1.82, 2.24) is 14.7 Å². The van der Waals surface area contributed by atoms with Crippen LogP contribution >= 0.6 is 11.3 Å². The van der Waals surface area contributed by atoms with Crippen molar-refractivity contribution in [3.63, 3.8) is 0 Å². The molecule has 130 valence electrons. The first kappa shape index (κ1) is 16.5. The van der Waals surface area contributed by atoms with E-state index < -0.39 is 0 Å². The zero-order valence-corrected chi connectivity index (χ0v) is 15.2. The summed E-state index contributed by atoms with van der Waals surface area (Å²) in [5.41, 5.74) is 4.07. The van der Waals surface area contributed by atoms with Gasteiger partial charge in [0.05, 0.1) is 18.2 Å². The van der Waals surface area contributed by atoms with E-state index in [-0.39, 0.29) is 11.9 Å². The van der Waals surface area contributed by atoms with Crippen LogP contribution in [0.5, 0.6) is 0 Å². The van der Waals surface area contributed by atoms with E-state index >= 15 is 0 Å². The van der Waals surface area contributed by atoms with Gasteiger partial charge in [0.25, 0.3) is 0 Å². The second-order valence-corrected chi connectivity index (χ2v) is 7.08.